The molecule has 2 heterocycles. The molecule has 5 heteroatoms. The summed E-state index contributed by atoms with van der Waals surface area (Å²) in [6.07, 6.45) is 0.806. The standard InChI is InChI=1S/C33H32N2O3/c1-4-37-31-19-18-23(21-32(31)38-5-2)33(36)34-22(3)20-30(26-14-8-11-17-29(26)34)35-27-15-9-6-12-24(27)25-13-7-10-16-28(25)35/h6-19,21-22,30H,4-5,20H2,1-3H3. The molecule has 0 fully saturated rings. The van der Waals surface area contributed by atoms with Crippen molar-refractivity contribution >= 4 is 33.4 Å². The summed E-state index contributed by atoms with van der Waals surface area (Å²) in [6.45, 7) is 7.05. The van der Waals surface area contributed by atoms with Crippen LogP contribution in [0.3, 0.4) is 0 Å². The van der Waals surface area contributed by atoms with Gasteiger partial charge in [-0.05, 0) is 69.2 Å². The Morgan fingerprint density at radius 3 is 2.08 bits per heavy atom. The first-order valence-corrected chi connectivity index (χ1v) is 13.4. The number of anilines is 1. The van der Waals surface area contributed by atoms with E-state index in [1.165, 1.54) is 21.8 Å². The fourth-order valence-corrected chi connectivity index (χ4v) is 5.95. The van der Waals surface area contributed by atoms with Crippen LogP contribution in [0.15, 0.2) is 91.0 Å². The number of amides is 1. The third kappa shape index (κ3) is 3.90. The van der Waals surface area contributed by atoms with Crippen LogP contribution in [0.2, 0.25) is 0 Å². The molecule has 2 atom stereocenters. The van der Waals surface area contributed by atoms with Gasteiger partial charge in [0.15, 0.2) is 11.5 Å². The first kappa shape index (κ1) is 24.1. The lowest BCUT2D eigenvalue weighted by molar-refractivity contribution is 0.0972. The predicted octanol–water partition coefficient (Wildman–Crippen LogP) is 7.62. The molecule has 0 radical (unpaired) electrons. The quantitative estimate of drug-likeness (QED) is 0.239. The van der Waals surface area contributed by atoms with Gasteiger partial charge in [-0.25, -0.2) is 0 Å². The van der Waals surface area contributed by atoms with E-state index >= 15 is 0 Å². The van der Waals surface area contributed by atoms with Crippen molar-refractivity contribution in [3.05, 3.63) is 102 Å². The van der Waals surface area contributed by atoms with Crippen LogP contribution in [0.5, 0.6) is 11.5 Å². The summed E-state index contributed by atoms with van der Waals surface area (Å²) in [7, 11) is 0. The number of para-hydroxylation sites is 3. The second-order valence-electron chi connectivity index (χ2n) is 9.77. The van der Waals surface area contributed by atoms with Crippen molar-refractivity contribution < 1.29 is 14.3 Å². The SMILES string of the molecule is CCOc1ccc(C(=O)N2c3ccccc3C(n3c4ccccc4c4ccccc43)CC2C)cc1OCC. The van der Waals surface area contributed by atoms with Gasteiger partial charge in [0, 0.05) is 39.1 Å². The Kier molecular flexibility index (Phi) is 6.28. The van der Waals surface area contributed by atoms with Gasteiger partial charge in [-0.15, -0.1) is 0 Å². The highest BCUT2D eigenvalue weighted by Crippen LogP contribution is 2.44. The zero-order valence-corrected chi connectivity index (χ0v) is 22.1. The second-order valence-corrected chi connectivity index (χ2v) is 9.77. The van der Waals surface area contributed by atoms with Crippen LogP contribution >= 0.6 is 0 Å². The van der Waals surface area contributed by atoms with E-state index < -0.39 is 0 Å². The van der Waals surface area contributed by atoms with Gasteiger partial charge in [-0.1, -0.05) is 54.6 Å². The van der Waals surface area contributed by atoms with Gasteiger partial charge in [-0.2, -0.15) is 0 Å². The van der Waals surface area contributed by atoms with E-state index in [-0.39, 0.29) is 18.0 Å². The number of rotatable bonds is 6. The molecule has 0 saturated carbocycles. The van der Waals surface area contributed by atoms with Gasteiger partial charge < -0.3 is 18.9 Å². The first-order chi connectivity index (χ1) is 18.6. The third-order valence-corrected chi connectivity index (χ3v) is 7.50. The van der Waals surface area contributed by atoms with E-state index in [0.717, 1.165) is 17.7 Å². The van der Waals surface area contributed by atoms with Crippen LogP contribution in [-0.2, 0) is 0 Å². The molecule has 1 aliphatic rings. The summed E-state index contributed by atoms with van der Waals surface area (Å²) in [5.74, 6) is 1.22. The summed E-state index contributed by atoms with van der Waals surface area (Å²) in [6, 6.07) is 31.1. The number of hydrogen-bond acceptors (Lipinski definition) is 3. The highest BCUT2D eigenvalue weighted by molar-refractivity contribution is 6.09. The number of benzene rings is 4. The number of nitrogens with zero attached hydrogens (tertiary/aromatic N) is 2. The van der Waals surface area contributed by atoms with E-state index in [9.17, 15) is 4.79 Å². The van der Waals surface area contributed by atoms with E-state index in [2.05, 4.69) is 78.2 Å². The molecule has 4 aromatic carbocycles. The minimum atomic E-state index is -0.0328. The Labute approximate surface area is 223 Å². The summed E-state index contributed by atoms with van der Waals surface area (Å²) in [5, 5.41) is 2.51. The normalized spacial score (nSPS) is 17.0. The zero-order chi connectivity index (χ0) is 26.2. The minimum absolute atomic E-state index is 0.00978. The summed E-state index contributed by atoms with van der Waals surface area (Å²) < 4.78 is 14.0. The Morgan fingerprint density at radius 1 is 0.789 bits per heavy atom. The smallest absolute Gasteiger partial charge is 0.258 e. The van der Waals surface area contributed by atoms with Crippen molar-refractivity contribution in [2.75, 3.05) is 18.1 Å². The molecule has 0 N–H and O–H groups in total. The molecule has 0 aliphatic carbocycles. The van der Waals surface area contributed by atoms with E-state index in [4.69, 9.17) is 9.47 Å². The van der Waals surface area contributed by atoms with E-state index in [1.807, 2.05) is 43.0 Å². The average Bonchev–Trinajstić information content (AvgIpc) is 3.28. The Hall–Kier alpha value is -4.25. The van der Waals surface area contributed by atoms with Gasteiger partial charge in [-0.3, -0.25) is 4.79 Å². The topological polar surface area (TPSA) is 43.7 Å². The monoisotopic (exact) mass is 504 g/mol. The van der Waals surface area contributed by atoms with Gasteiger partial charge >= 0.3 is 0 Å². The highest BCUT2D eigenvalue weighted by atomic mass is 16.5. The molecule has 38 heavy (non-hydrogen) atoms. The molecular formula is C33H32N2O3. The number of ether oxygens (including phenoxy) is 2. The Morgan fingerprint density at radius 2 is 1.39 bits per heavy atom. The fraction of sp³-hybridized carbons (Fsp3) is 0.242. The molecule has 1 aromatic heterocycles. The van der Waals surface area contributed by atoms with Crippen LogP contribution in [0, 0.1) is 0 Å². The zero-order valence-electron chi connectivity index (χ0n) is 22.1. The highest BCUT2D eigenvalue weighted by Gasteiger charge is 2.36. The molecule has 5 aromatic rings. The van der Waals surface area contributed by atoms with Gasteiger partial charge in [0.25, 0.3) is 5.91 Å². The van der Waals surface area contributed by atoms with Gasteiger partial charge in [0.2, 0.25) is 0 Å². The van der Waals surface area contributed by atoms with E-state index in [1.54, 1.807) is 0 Å². The maximum atomic E-state index is 14.0. The molecule has 5 nitrogen and oxygen atoms in total. The molecule has 1 amide bonds. The number of hydrogen-bond donors (Lipinski definition) is 0. The Balaban J connectivity index is 1.46. The molecule has 0 saturated heterocycles. The second kappa shape index (κ2) is 9.90. The predicted molar refractivity (Wildman–Crippen MR) is 154 cm³/mol. The first-order valence-electron chi connectivity index (χ1n) is 13.4. The molecule has 6 rings (SSSR count). The molecule has 1 aliphatic heterocycles. The van der Waals surface area contributed by atoms with Crippen molar-refractivity contribution in [2.24, 2.45) is 0 Å². The molecule has 192 valence electrons. The van der Waals surface area contributed by atoms with Crippen molar-refractivity contribution in [2.45, 2.75) is 39.3 Å². The van der Waals surface area contributed by atoms with Crippen molar-refractivity contribution in [3.63, 3.8) is 0 Å². The lowest BCUT2D eigenvalue weighted by Crippen LogP contribution is -2.44. The Bertz CT molecular complexity index is 1580. The summed E-state index contributed by atoms with van der Waals surface area (Å²) in [4.78, 5) is 16.0. The van der Waals surface area contributed by atoms with Crippen LogP contribution < -0.4 is 14.4 Å². The maximum Gasteiger partial charge on any atom is 0.258 e. The lowest BCUT2D eigenvalue weighted by atomic mass is 9.90. The number of carbonyl (C=O) groups is 1. The lowest BCUT2D eigenvalue weighted by Gasteiger charge is -2.40. The molecule has 2 unspecified atom stereocenters. The maximum absolute atomic E-state index is 14.0. The molecule has 0 bridgehead atoms. The van der Waals surface area contributed by atoms with Crippen LogP contribution in [0.25, 0.3) is 21.8 Å². The van der Waals surface area contributed by atoms with Crippen LogP contribution in [0.1, 0.15) is 49.2 Å². The van der Waals surface area contributed by atoms with Gasteiger partial charge in [0.05, 0.1) is 19.3 Å². The molecule has 0 spiro atoms. The number of fused-ring (bicyclic) bond motifs is 4. The molecular weight excluding hydrogens is 472 g/mol. The van der Waals surface area contributed by atoms with Crippen molar-refractivity contribution in [3.8, 4) is 11.5 Å². The van der Waals surface area contributed by atoms with E-state index in [0.29, 0.717) is 30.3 Å². The number of aromatic nitrogens is 1. The van der Waals surface area contributed by atoms with Crippen molar-refractivity contribution in [1.29, 1.82) is 0 Å². The minimum Gasteiger partial charge on any atom is -0.490 e. The largest absolute Gasteiger partial charge is 0.490 e. The number of carbonyl (C=O) groups excluding carboxylic acids is 1. The van der Waals surface area contributed by atoms with Gasteiger partial charge in [0.1, 0.15) is 0 Å². The van der Waals surface area contributed by atoms with Crippen LogP contribution in [-0.4, -0.2) is 29.7 Å². The average molecular weight is 505 g/mol. The van der Waals surface area contributed by atoms with Crippen LogP contribution in [0.4, 0.5) is 5.69 Å². The third-order valence-electron chi connectivity index (χ3n) is 7.50. The summed E-state index contributed by atoms with van der Waals surface area (Å²) in [5.41, 5.74) is 5.13. The summed E-state index contributed by atoms with van der Waals surface area (Å²) >= 11 is 0. The van der Waals surface area contributed by atoms with Crippen molar-refractivity contribution in [1.82, 2.24) is 4.57 Å². The fourth-order valence-electron chi connectivity index (χ4n) is 5.95.